The van der Waals surface area contributed by atoms with Crippen LogP contribution in [0.3, 0.4) is 0 Å². The Labute approximate surface area is 147 Å². The van der Waals surface area contributed by atoms with Crippen LogP contribution < -0.4 is 15.4 Å². The van der Waals surface area contributed by atoms with E-state index in [0.717, 1.165) is 16.9 Å². The van der Waals surface area contributed by atoms with Gasteiger partial charge in [0.1, 0.15) is 0 Å². The lowest BCUT2D eigenvalue weighted by Gasteiger charge is -2.08. The fourth-order valence-electron chi connectivity index (χ4n) is 2.13. The molecule has 120 valence electrons. The van der Waals surface area contributed by atoms with Crippen molar-refractivity contribution in [2.75, 3.05) is 5.32 Å². The second kappa shape index (κ2) is 6.86. The maximum Gasteiger partial charge on any atom is 0.257 e. The molecule has 0 spiro atoms. The molecule has 1 amide bonds. The van der Waals surface area contributed by atoms with Gasteiger partial charge in [0.15, 0.2) is 10.2 Å². The molecule has 0 atom stereocenters. The molecular formula is C17H13N3O2S2. The summed E-state index contributed by atoms with van der Waals surface area (Å²) < 4.78 is -0.108. The van der Waals surface area contributed by atoms with Gasteiger partial charge in [-0.3, -0.25) is 14.9 Å². The van der Waals surface area contributed by atoms with E-state index in [0.29, 0.717) is 21.6 Å². The summed E-state index contributed by atoms with van der Waals surface area (Å²) in [5.74, 6) is -0.322. The Bertz CT molecular complexity index is 984. The first kappa shape index (κ1) is 16.2. The number of aromatic nitrogens is 1. The molecule has 0 aliphatic rings. The number of anilines is 1. The zero-order chi connectivity index (χ0) is 17.1. The molecule has 7 heteroatoms. The summed E-state index contributed by atoms with van der Waals surface area (Å²) in [5.41, 5.74) is 2.08. The van der Waals surface area contributed by atoms with Crippen LogP contribution in [0.1, 0.15) is 15.9 Å². The van der Waals surface area contributed by atoms with Gasteiger partial charge in [-0.15, -0.1) is 0 Å². The van der Waals surface area contributed by atoms with E-state index in [1.165, 1.54) is 0 Å². The predicted octanol–water partition coefficient (Wildman–Crippen LogP) is 3.09. The van der Waals surface area contributed by atoms with Crippen molar-refractivity contribution < 1.29 is 4.79 Å². The van der Waals surface area contributed by atoms with Crippen LogP contribution >= 0.6 is 23.6 Å². The molecule has 0 radical (unpaired) electrons. The first-order chi connectivity index (χ1) is 11.5. The number of benzene rings is 2. The van der Waals surface area contributed by atoms with Crippen molar-refractivity contribution in [3.8, 4) is 0 Å². The highest BCUT2D eigenvalue weighted by Gasteiger charge is 2.10. The van der Waals surface area contributed by atoms with Crippen molar-refractivity contribution in [3.63, 3.8) is 0 Å². The summed E-state index contributed by atoms with van der Waals surface area (Å²) in [6.45, 7) is 1.92. The minimum absolute atomic E-state index is 0.0958. The highest BCUT2D eigenvalue weighted by molar-refractivity contribution is 7.80. The molecule has 0 unspecified atom stereocenters. The lowest BCUT2D eigenvalue weighted by atomic mass is 10.2. The van der Waals surface area contributed by atoms with Crippen LogP contribution in [0, 0.1) is 6.92 Å². The monoisotopic (exact) mass is 355 g/mol. The first-order valence-electron chi connectivity index (χ1n) is 7.12. The number of aryl methyl sites for hydroxylation is 1. The average Bonchev–Trinajstić information content (AvgIpc) is 2.56. The lowest BCUT2D eigenvalue weighted by Crippen LogP contribution is -2.34. The van der Waals surface area contributed by atoms with Crippen molar-refractivity contribution >= 4 is 50.6 Å². The van der Waals surface area contributed by atoms with Gasteiger partial charge in [-0.25, -0.2) is 4.98 Å². The first-order valence-corrected chi connectivity index (χ1v) is 8.34. The minimum atomic E-state index is -0.322. The van der Waals surface area contributed by atoms with Crippen LogP contribution in [0.5, 0.6) is 0 Å². The largest absolute Gasteiger partial charge is 0.308 e. The molecule has 1 heterocycles. The summed E-state index contributed by atoms with van der Waals surface area (Å²) in [7, 11) is 0. The normalized spacial score (nSPS) is 10.4. The Morgan fingerprint density at radius 1 is 1.17 bits per heavy atom. The summed E-state index contributed by atoms with van der Waals surface area (Å²) in [4.78, 5) is 28.6. The molecule has 0 aliphatic heterocycles. The van der Waals surface area contributed by atoms with E-state index < -0.39 is 0 Å². The highest BCUT2D eigenvalue weighted by atomic mass is 32.1. The van der Waals surface area contributed by atoms with E-state index >= 15 is 0 Å². The van der Waals surface area contributed by atoms with Gasteiger partial charge in [-0.1, -0.05) is 41.2 Å². The van der Waals surface area contributed by atoms with Crippen molar-refractivity contribution in [2.45, 2.75) is 6.92 Å². The highest BCUT2D eigenvalue weighted by Crippen LogP contribution is 2.16. The maximum absolute atomic E-state index is 12.2. The van der Waals surface area contributed by atoms with Crippen molar-refractivity contribution in [3.05, 3.63) is 69.2 Å². The van der Waals surface area contributed by atoms with Crippen LogP contribution in [0.4, 0.5) is 5.13 Å². The smallest absolute Gasteiger partial charge is 0.257 e. The third kappa shape index (κ3) is 3.64. The second-order valence-corrected chi connectivity index (χ2v) is 6.47. The predicted molar refractivity (Wildman–Crippen MR) is 101 cm³/mol. The van der Waals surface area contributed by atoms with E-state index in [1.807, 2.05) is 19.1 Å². The number of carbonyl (C=O) groups excluding carboxylic acids is 1. The summed E-state index contributed by atoms with van der Waals surface area (Å²) in [6.07, 6.45) is 0. The van der Waals surface area contributed by atoms with Gasteiger partial charge in [0.25, 0.3) is 5.91 Å². The third-order valence-corrected chi connectivity index (χ3v) is 4.26. The third-order valence-electron chi connectivity index (χ3n) is 3.27. The van der Waals surface area contributed by atoms with Crippen LogP contribution in [0.25, 0.3) is 10.9 Å². The number of rotatable bonds is 2. The number of fused-ring (bicyclic) bond motifs is 1. The Morgan fingerprint density at radius 2 is 1.92 bits per heavy atom. The standard InChI is InChI=1S/C17H13N3O2S2/c1-10-7-8-13-12(9-10)15(22)24-17(18-13)20-16(23)19-14(21)11-5-3-2-4-6-11/h2-9H,1H3,(H2,18,19,20,21,23). The van der Waals surface area contributed by atoms with Crippen LogP contribution in [-0.2, 0) is 0 Å². The van der Waals surface area contributed by atoms with Gasteiger partial charge < -0.3 is 5.32 Å². The van der Waals surface area contributed by atoms with Gasteiger partial charge in [0, 0.05) is 5.56 Å². The van der Waals surface area contributed by atoms with Crippen molar-refractivity contribution in [1.82, 2.24) is 10.3 Å². The molecule has 0 bridgehead atoms. The van der Waals surface area contributed by atoms with Crippen LogP contribution in [0.2, 0.25) is 0 Å². The number of amides is 1. The molecular weight excluding hydrogens is 342 g/mol. The maximum atomic E-state index is 12.2. The quantitative estimate of drug-likeness (QED) is 0.691. The van der Waals surface area contributed by atoms with E-state index in [9.17, 15) is 9.59 Å². The minimum Gasteiger partial charge on any atom is -0.308 e. The zero-order valence-electron chi connectivity index (χ0n) is 12.7. The van der Waals surface area contributed by atoms with Gasteiger partial charge in [-0.05, 0) is 43.4 Å². The summed E-state index contributed by atoms with van der Waals surface area (Å²) in [6, 6.07) is 14.2. The average molecular weight is 355 g/mol. The van der Waals surface area contributed by atoms with Gasteiger partial charge >= 0.3 is 0 Å². The summed E-state index contributed by atoms with van der Waals surface area (Å²) >= 11 is 6.07. The number of nitrogens with one attached hydrogen (secondary N) is 2. The van der Waals surface area contributed by atoms with Crippen LogP contribution in [0.15, 0.2) is 53.3 Å². The fraction of sp³-hybridized carbons (Fsp3) is 0.0588. The zero-order valence-corrected chi connectivity index (χ0v) is 14.3. The molecule has 3 aromatic rings. The van der Waals surface area contributed by atoms with Crippen LogP contribution in [-0.4, -0.2) is 16.0 Å². The molecule has 24 heavy (non-hydrogen) atoms. The molecule has 2 aromatic carbocycles. The Morgan fingerprint density at radius 3 is 2.67 bits per heavy atom. The molecule has 3 rings (SSSR count). The molecule has 0 fully saturated rings. The lowest BCUT2D eigenvalue weighted by molar-refractivity contribution is 0.0977. The number of thiocarbonyl (C=S) groups is 1. The molecule has 2 N–H and O–H groups in total. The fourth-order valence-corrected chi connectivity index (χ4v) is 3.13. The molecule has 1 aromatic heterocycles. The molecule has 5 nitrogen and oxygen atoms in total. The number of carbonyl (C=O) groups is 1. The molecule has 0 aliphatic carbocycles. The Hall–Kier alpha value is -2.64. The van der Waals surface area contributed by atoms with E-state index in [4.69, 9.17) is 12.2 Å². The number of nitrogens with zero attached hydrogens (tertiary/aromatic N) is 1. The second-order valence-electron chi connectivity index (χ2n) is 5.10. The van der Waals surface area contributed by atoms with E-state index in [1.54, 1.807) is 36.4 Å². The Balaban J connectivity index is 1.77. The summed E-state index contributed by atoms with van der Waals surface area (Å²) in [5, 5.41) is 6.38. The van der Waals surface area contributed by atoms with Crippen molar-refractivity contribution in [1.29, 1.82) is 0 Å². The molecule has 0 saturated heterocycles. The van der Waals surface area contributed by atoms with Gasteiger partial charge in [0.2, 0.25) is 4.74 Å². The number of hydrogen-bond acceptors (Lipinski definition) is 5. The Kier molecular flexibility index (Phi) is 4.64. The number of hydrogen-bond donors (Lipinski definition) is 2. The van der Waals surface area contributed by atoms with E-state index in [2.05, 4.69) is 15.6 Å². The van der Waals surface area contributed by atoms with Crippen molar-refractivity contribution in [2.24, 2.45) is 0 Å². The SMILES string of the molecule is Cc1ccc2nc(NC(=S)NC(=O)c3ccccc3)sc(=O)c2c1. The topological polar surface area (TPSA) is 71.1 Å². The van der Waals surface area contributed by atoms with Gasteiger partial charge in [0.05, 0.1) is 10.9 Å². The molecule has 0 saturated carbocycles. The van der Waals surface area contributed by atoms with E-state index in [-0.39, 0.29) is 15.8 Å². The van der Waals surface area contributed by atoms with Gasteiger partial charge in [-0.2, -0.15) is 0 Å².